The molecule has 0 atom stereocenters. The van der Waals surface area contributed by atoms with Gasteiger partial charge in [-0.3, -0.25) is 0 Å². The fourth-order valence-electron chi connectivity index (χ4n) is 0. The van der Waals surface area contributed by atoms with Gasteiger partial charge in [0.1, 0.15) is 0 Å². The first-order valence-electron chi connectivity index (χ1n) is 3.48. The molecule has 0 rings (SSSR count). The second kappa shape index (κ2) is 9.34. The summed E-state index contributed by atoms with van der Waals surface area (Å²) in [6.45, 7) is 15.2. The summed E-state index contributed by atoms with van der Waals surface area (Å²) in [5, 5.41) is 0. The van der Waals surface area contributed by atoms with E-state index in [1.165, 1.54) is 6.92 Å². The molecule has 0 fully saturated rings. The lowest BCUT2D eigenvalue weighted by atomic mass is 10.2. The van der Waals surface area contributed by atoms with Crippen LogP contribution in [0.4, 0.5) is 8.78 Å². The van der Waals surface area contributed by atoms with Crippen LogP contribution in [0.25, 0.3) is 0 Å². The molecule has 0 saturated carbocycles. The standard InChI is InChI=1S/C5H8F2.C2H6.C2H4/c1-4(2)5(3,6)7;2*1-2/h1H2,2-3H3;1-2H3;1-2H2. The number of hydrogen-bond acceptors (Lipinski definition) is 0. The van der Waals surface area contributed by atoms with E-state index in [0.29, 0.717) is 0 Å². The van der Waals surface area contributed by atoms with Crippen molar-refractivity contribution in [1.82, 2.24) is 0 Å². The first-order chi connectivity index (χ1) is 4.94. The monoisotopic (exact) mass is 164 g/mol. The summed E-state index contributed by atoms with van der Waals surface area (Å²) in [6, 6.07) is 0. The maximum absolute atomic E-state index is 11.7. The zero-order valence-electron chi connectivity index (χ0n) is 7.88. The maximum atomic E-state index is 11.7. The topological polar surface area (TPSA) is 0 Å². The van der Waals surface area contributed by atoms with Crippen molar-refractivity contribution < 1.29 is 8.78 Å². The molecule has 0 radical (unpaired) electrons. The van der Waals surface area contributed by atoms with Gasteiger partial charge in [0.15, 0.2) is 0 Å². The van der Waals surface area contributed by atoms with Gasteiger partial charge in [0.2, 0.25) is 0 Å². The molecule has 2 heteroatoms. The normalized spacial score (nSPS) is 8.18. The number of alkyl halides is 2. The Kier molecular flexibility index (Phi) is 14.2. The molecule has 0 bridgehead atoms. The smallest absolute Gasteiger partial charge is 0.202 e. The Morgan fingerprint density at radius 3 is 1.27 bits per heavy atom. The van der Waals surface area contributed by atoms with E-state index >= 15 is 0 Å². The Morgan fingerprint density at radius 1 is 1.18 bits per heavy atom. The van der Waals surface area contributed by atoms with Gasteiger partial charge >= 0.3 is 0 Å². The van der Waals surface area contributed by atoms with Crippen molar-refractivity contribution in [3.8, 4) is 0 Å². The number of allylic oxidation sites excluding steroid dienone is 1. The third-order valence-corrected chi connectivity index (χ3v) is 0.749. The summed E-state index contributed by atoms with van der Waals surface area (Å²) in [5.74, 6) is -2.69. The molecule has 0 N–H and O–H groups in total. The Hall–Kier alpha value is -0.660. The highest BCUT2D eigenvalue weighted by Crippen LogP contribution is 2.19. The minimum absolute atomic E-state index is 0.0903. The third kappa shape index (κ3) is 17.6. The van der Waals surface area contributed by atoms with Gasteiger partial charge < -0.3 is 0 Å². The van der Waals surface area contributed by atoms with Gasteiger partial charge in [-0.25, -0.2) is 8.78 Å². The van der Waals surface area contributed by atoms with Crippen molar-refractivity contribution in [2.75, 3.05) is 0 Å². The van der Waals surface area contributed by atoms with E-state index < -0.39 is 5.92 Å². The second-order valence-corrected chi connectivity index (χ2v) is 1.67. The van der Waals surface area contributed by atoms with Gasteiger partial charge in [-0.05, 0) is 12.5 Å². The molecule has 68 valence electrons. The Morgan fingerprint density at radius 2 is 1.27 bits per heavy atom. The second-order valence-electron chi connectivity index (χ2n) is 1.67. The lowest BCUT2D eigenvalue weighted by molar-refractivity contribution is 0.0641. The fraction of sp³-hybridized carbons (Fsp3) is 0.556. The Balaban J connectivity index is -0.000000138. The molecule has 0 heterocycles. The van der Waals surface area contributed by atoms with Crippen LogP contribution in [0, 0.1) is 0 Å². The molecule has 11 heavy (non-hydrogen) atoms. The molecule has 0 saturated heterocycles. The van der Waals surface area contributed by atoms with Crippen LogP contribution >= 0.6 is 0 Å². The highest BCUT2D eigenvalue weighted by molar-refractivity contribution is 5.00. The molecular weight excluding hydrogens is 146 g/mol. The molecule has 0 amide bonds. The van der Waals surface area contributed by atoms with Crippen LogP contribution < -0.4 is 0 Å². The lowest BCUT2D eigenvalue weighted by Crippen LogP contribution is -2.09. The maximum Gasteiger partial charge on any atom is 0.266 e. The molecular formula is C9H18F2. The molecule has 0 unspecified atom stereocenters. The molecule has 0 aromatic rings. The quantitative estimate of drug-likeness (QED) is 0.513. The van der Waals surface area contributed by atoms with E-state index in [1.807, 2.05) is 13.8 Å². The molecule has 0 aromatic carbocycles. The van der Waals surface area contributed by atoms with E-state index in [1.54, 1.807) is 0 Å². The molecule has 0 nitrogen and oxygen atoms in total. The van der Waals surface area contributed by atoms with Crippen LogP contribution in [0.2, 0.25) is 0 Å². The molecule has 0 aromatic heterocycles. The Labute approximate surface area is 68.6 Å². The summed E-state index contributed by atoms with van der Waals surface area (Å²) in [7, 11) is 0. The largest absolute Gasteiger partial charge is 0.266 e. The van der Waals surface area contributed by atoms with Crippen LogP contribution in [0.1, 0.15) is 27.7 Å². The van der Waals surface area contributed by atoms with Crippen LogP contribution in [0.5, 0.6) is 0 Å². The minimum Gasteiger partial charge on any atom is -0.202 e. The van der Waals surface area contributed by atoms with Crippen molar-refractivity contribution in [2.45, 2.75) is 33.6 Å². The zero-order chi connectivity index (χ0) is 10.1. The number of rotatable bonds is 1. The van der Waals surface area contributed by atoms with Crippen molar-refractivity contribution in [1.29, 1.82) is 0 Å². The Bertz CT molecular complexity index is 90.2. The highest BCUT2D eigenvalue weighted by Gasteiger charge is 2.20. The predicted molar refractivity (Wildman–Crippen MR) is 48.0 cm³/mol. The average Bonchev–Trinajstić information content (AvgIpc) is 1.95. The van der Waals surface area contributed by atoms with Crippen LogP contribution in [0.15, 0.2) is 25.3 Å². The van der Waals surface area contributed by atoms with E-state index in [2.05, 4.69) is 19.7 Å². The lowest BCUT2D eigenvalue weighted by Gasteiger charge is -2.06. The van der Waals surface area contributed by atoms with Gasteiger partial charge in [-0.1, -0.05) is 20.4 Å². The number of halogens is 2. The summed E-state index contributed by atoms with van der Waals surface area (Å²) in [4.78, 5) is 0. The van der Waals surface area contributed by atoms with Gasteiger partial charge in [-0.15, -0.1) is 13.2 Å². The average molecular weight is 164 g/mol. The summed E-state index contributed by atoms with van der Waals surface area (Å²) in [6.07, 6.45) is 0. The van der Waals surface area contributed by atoms with E-state index in [-0.39, 0.29) is 5.57 Å². The van der Waals surface area contributed by atoms with E-state index in [9.17, 15) is 8.78 Å². The third-order valence-electron chi connectivity index (χ3n) is 0.749. The highest BCUT2D eigenvalue weighted by atomic mass is 19.3. The van der Waals surface area contributed by atoms with Crippen LogP contribution in [0.3, 0.4) is 0 Å². The summed E-state index contributed by atoms with van der Waals surface area (Å²) in [5.41, 5.74) is -0.0903. The minimum atomic E-state index is -2.69. The van der Waals surface area contributed by atoms with E-state index in [0.717, 1.165) is 6.92 Å². The van der Waals surface area contributed by atoms with Gasteiger partial charge in [0, 0.05) is 6.92 Å². The van der Waals surface area contributed by atoms with Crippen molar-refractivity contribution >= 4 is 0 Å². The molecule has 0 aliphatic heterocycles. The van der Waals surface area contributed by atoms with Crippen LogP contribution in [-0.4, -0.2) is 5.92 Å². The van der Waals surface area contributed by atoms with Crippen LogP contribution in [-0.2, 0) is 0 Å². The van der Waals surface area contributed by atoms with Gasteiger partial charge in [0.05, 0.1) is 0 Å². The summed E-state index contributed by atoms with van der Waals surface area (Å²) < 4.78 is 23.5. The first kappa shape index (κ1) is 16.7. The summed E-state index contributed by atoms with van der Waals surface area (Å²) >= 11 is 0. The van der Waals surface area contributed by atoms with Gasteiger partial charge in [-0.2, -0.15) is 0 Å². The molecule has 0 aliphatic rings. The van der Waals surface area contributed by atoms with Crippen molar-refractivity contribution in [3.05, 3.63) is 25.3 Å². The zero-order valence-corrected chi connectivity index (χ0v) is 7.88. The SMILES string of the molecule is C=C.C=C(C)C(C)(F)F.CC. The first-order valence-corrected chi connectivity index (χ1v) is 3.48. The fourth-order valence-corrected chi connectivity index (χ4v) is 0. The molecule has 0 aliphatic carbocycles. The van der Waals surface area contributed by atoms with Gasteiger partial charge in [0.25, 0.3) is 5.92 Å². The van der Waals surface area contributed by atoms with Crippen molar-refractivity contribution in [2.24, 2.45) is 0 Å². The number of hydrogen-bond donors (Lipinski definition) is 0. The molecule has 0 spiro atoms. The predicted octanol–water partition coefficient (Wildman–Crippen LogP) is 4.05. The van der Waals surface area contributed by atoms with Crippen molar-refractivity contribution in [3.63, 3.8) is 0 Å². The van der Waals surface area contributed by atoms with E-state index in [4.69, 9.17) is 0 Å².